The number of hydrogen-bond acceptors (Lipinski definition) is 6. The van der Waals surface area contributed by atoms with Crippen LogP contribution in [0.1, 0.15) is 122 Å². The topological polar surface area (TPSA) is 87.1 Å². The van der Waals surface area contributed by atoms with Crippen molar-refractivity contribution in [3.05, 3.63) is 101 Å². The van der Waals surface area contributed by atoms with Crippen LogP contribution in [0.4, 0.5) is 5.69 Å². The lowest BCUT2D eigenvalue weighted by Gasteiger charge is -2.35. The zero-order chi connectivity index (χ0) is 32.5. The molecule has 3 aromatic carbocycles. The predicted molar refractivity (Wildman–Crippen MR) is 181 cm³/mol. The molecule has 6 heteroatoms. The summed E-state index contributed by atoms with van der Waals surface area (Å²) in [6.07, 6.45) is 9.89. The van der Waals surface area contributed by atoms with Crippen molar-refractivity contribution >= 4 is 17.4 Å². The first-order valence-electron chi connectivity index (χ1n) is 16.7. The molecule has 6 nitrogen and oxygen atoms in total. The molecular formula is C39H51NO5. The van der Waals surface area contributed by atoms with E-state index in [4.69, 9.17) is 4.74 Å². The number of hydrogen-bond donors (Lipinski definition) is 2. The molecular weight excluding hydrogens is 562 g/mol. The van der Waals surface area contributed by atoms with Gasteiger partial charge in [-0.05, 0) is 73.4 Å². The smallest absolute Gasteiger partial charge is 0.338 e. The molecule has 0 aromatic heterocycles. The summed E-state index contributed by atoms with van der Waals surface area (Å²) >= 11 is 0. The summed E-state index contributed by atoms with van der Waals surface area (Å²) in [7, 11) is 3.94. The highest BCUT2D eigenvalue weighted by molar-refractivity contribution is 6.11. The van der Waals surface area contributed by atoms with Crippen LogP contribution in [0.25, 0.3) is 0 Å². The molecule has 2 fully saturated rings. The summed E-state index contributed by atoms with van der Waals surface area (Å²) < 4.78 is 5.19. The Balaban J connectivity index is 0.000000233. The van der Waals surface area contributed by atoms with Crippen molar-refractivity contribution in [3.63, 3.8) is 0 Å². The molecule has 0 bridgehead atoms. The Kier molecular flexibility index (Phi) is 12.0. The highest BCUT2D eigenvalue weighted by Gasteiger charge is 2.37. The fourth-order valence-electron chi connectivity index (χ4n) is 6.50. The SMILES string of the molecule is CC(C)CCOC(=O)c1ccc(N(C)C)cc1.O=C(c1ccccc1C1(O)CCCCC1)c1ccccc1C1(O)CCCCC1. The second-order valence-corrected chi connectivity index (χ2v) is 13.4. The van der Waals surface area contributed by atoms with Crippen LogP contribution in [0.3, 0.4) is 0 Å². The third-order valence-corrected chi connectivity index (χ3v) is 9.26. The highest BCUT2D eigenvalue weighted by atomic mass is 16.5. The van der Waals surface area contributed by atoms with Gasteiger partial charge in [0.05, 0.1) is 23.4 Å². The lowest BCUT2D eigenvalue weighted by atomic mass is 9.74. The van der Waals surface area contributed by atoms with E-state index in [1.165, 1.54) is 0 Å². The molecule has 0 radical (unpaired) electrons. The van der Waals surface area contributed by atoms with Gasteiger partial charge in [-0.2, -0.15) is 0 Å². The van der Waals surface area contributed by atoms with Gasteiger partial charge in [-0.25, -0.2) is 4.79 Å². The maximum absolute atomic E-state index is 13.6. The van der Waals surface area contributed by atoms with Gasteiger partial charge in [0.1, 0.15) is 0 Å². The van der Waals surface area contributed by atoms with Crippen molar-refractivity contribution in [3.8, 4) is 0 Å². The Morgan fingerprint density at radius 1 is 0.711 bits per heavy atom. The number of ketones is 1. The second-order valence-electron chi connectivity index (χ2n) is 13.4. The fraction of sp³-hybridized carbons (Fsp3) is 0.487. The molecule has 5 rings (SSSR count). The second kappa shape index (κ2) is 15.7. The van der Waals surface area contributed by atoms with E-state index in [2.05, 4.69) is 13.8 Å². The van der Waals surface area contributed by atoms with Crippen molar-refractivity contribution in [2.24, 2.45) is 5.92 Å². The maximum atomic E-state index is 13.6. The minimum atomic E-state index is -0.929. The van der Waals surface area contributed by atoms with Crippen LogP contribution in [0.15, 0.2) is 72.8 Å². The van der Waals surface area contributed by atoms with E-state index < -0.39 is 11.2 Å². The van der Waals surface area contributed by atoms with Crippen molar-refractivity contribution in [2.45, 2.75) is 95.7 Å². The number of rotatable bonds is 9. The number of carbonyl (C=O) groups is 2. The minimum absolute atomic E-state index is 0.0933. The van der Waals surface area contributed by atoms with Crippen LogP contribution in [0.5, 0.6) is 0 Å². The summed E-state index contributed by atoms with van der Waals surface area (Å²) in [6.45, 7) is 4.71. The van der Waals surface area contributed by atoms with Gasteiger partial charge < -0.3 is 19.8 Å². The Bertz CT molecular complexity index is 1330. The quantitative estimate of drug-likeness (QED) is 0.187. The summed E-state index contributed by atoms with van der Waals surface area (Å²) in [5, 5.41) is 22.6. The van der Waals surface area contributed by atoms with Gasteiger partial charge in [0, 0.05) is 30.9 Å². The van der Waals surface area contributed by atoms with Crippen molar-refractivity contribution < 1.29 is 24.5 Å². The van der Waals surface area contributed by atoms with Crippen LogP contribution in [0.2, 0.25) is 0 Å². The van der Waals surface area contributed by atoms with E-state index in [0.29, 0.717) is 54.9 Å². The zero-order valence-electron chi connectivity index (χ0n) is 27.6. The van der Waals surface area contributed by atoms with Gasteiger partial charge in [0.2, 0.25) is 0 Å². The Morgan fingerprint density at radius 3 is 1.58 bits per heavy atom. The lowest BCUT2D eigenvalue weighted by Crippen LogP contribution is -2.32. The summed E-state index contributed by atoms with van der Waals surface area (Å²) in [5.41, 5.74) is 2.44. The predicted octanol–water partition coefficient (Wildman–Crippen LogP) is 8.18. The first kappa shape index (κ1) is 34.4. The van der Waals surface area contributed by atoms with E-state index in [1.54, 1.807) is 12.1 Å². The van der Waals surface area contributed by atoms with Gasteiger partial charge in [-0.15, -0.1) is 0 Å². The number of esters is 1. The average Bonchev–Trinajstić information content (AvgIpc) is 3.05. The van der Waals surface area contributed by atoms with E-state index in [-0.39, 0.29) is 11.8 Å². The minimum Gasteiger partial charge on any atom is -0.462 e. The van der Waals surface area contributed by atoms with Crippen molar-refractivity contribution in [1.82, 2.24) is 0 Å². The van der Waals surface area contributed by atoms with Gasteiger partial charge in [0.25, 0.3) is 0 Å². The number of carbonyl (C=O) groups excluding carboxylic acids is 2. The van der Waals surface area contributed by atoms with Gasteiger partial charge in [0.15, 0.2) is 5.78 Å². The molecule has 2 aliphatic rings. The molecule has 2 aliphatic carbocycles. The highest BCUT2D eigenvalue weighted by Crippen LogP contribution is 2.41. The molecule has 0 heterocycles. The number of benzene rings is 3. The van der Waals surface area contributed by atoms with E-state index >= 15 is 0 Å². The van der Waals surface area contributed by atoms with Crippen LogP contribution >= 0.6 is 0 Å². The standard InChI is InChI=1S/C25H30O3.C14H21NO2/c26-23(19-11-3-5-13-21(19)24(27)15-7-1-8-16-24)20-12-4-6-14-22(20)25(28)17-9-2-10-18-25;1-11(2)9-10-17-14(16)12-5-7-13(8-6-12)15(3)4/h3-6,11-14,27-28H,1-2,7-10,15-18H2;5-8,11H,9-10H2,1-4H3. The number of ether oxygens (including phenoxy) is 1. The third kappa shape index (κ3) is 8.83. The van der Waals surface area contributed by atoms with Gasteiger partial charge >= 0.3 is 5.97 Å². The average molecular weight is 614 g/mol. The molecule has 242 valence electrons. The summed E-state index contributed by atoms with van der Waals surface area (Å²) in [4.78, 5) is 27.3. The lowest BCUT2D eigenvalue weighted by molar-refractivity contribution is -0.00189. The largest absolute Gasteiger partial charge is 0.462 e. The maximum Gasteiger partial charge on any atom is 0.338 e. The monoisotopic (exact) mass is 613 g/mol. The molecule has 0 aliphatic heterocycles. The van der Waals surface area contributed by atoms with E-state index in [0.717, 1.165) is 61.8 Å². The molecule has 2 saturated carbocycles. The molecule has 0 spiro atoms. The Hall–Kier alpha value is -3.48. The Morgan fingerprint density at radius 2 is 1.16 bits per heavy atom. The molecule has 2 N–H and O–H groups in total. The van der Waals surface area contributed by atoms with Crippen molar-refractivity contribution in [1.29, 1.82) is 0 Å². The number of anilines is 1. The van der Waals surface area contributed by atoms with Crippen LogP contribution < -0.4 is 4.90 Å². The summed E-state index contributed by atoms with van der Waals surface area (Å²) in [5.74, 6) is 0.221. The van der Waals surface area contributed by atoms with E-state index in [9.17, 15) is 19.8 Å². The Labute approximate surface area is 269 Å². The molecule has 0 saturated heterocycles. The number of nitrogens with zero attached hydrogens (tertiary/aromatic N) is 1. The van der Waals surface area contributed by atoms with Gasteiger partial charge in [-0.3, -0.25) is 4.79 Å². The van der Waals surface area contributed by atoms with Crippen LogP contribution in [-0.4, -0.2) is 42.7 Å². The molecule has 0 unspecified atom stereocenters. The number of aliphatic hydroxyl groups is 2. The van der Waals surface area contributed by atoms with Crippen molar-refractivity contribution in [2.75, 3.05) is 25.6 Å². The van der Waals surface area contributed by atoms with E-state index in [1.807, 2.05) is 79.7 Å². The molecule has 0 amide bonds. The van der Waals surface area contributed by atoms with Crippen LogP contribution in [-0.2, 0) is 15.9 Å². The molecule has 0 atom stereocenters. The third-order valence-electron chi connectivity index (χ3n) is 9.26. The molecule has 45 heavy (non-hydrogen) atoms. The zero-order valence-corrected chi connectivity index (χ0v) is 27.6. The fourth-order valence-corrected chi connectivity index (χ4v) is 6.50. The van der Waals surface area contributed by atoms with Crippen LogP contribution in [0, 0.1) is 5.92 Å². The normalized spacial score (nSPS) is 17.1. The molecule has 3 aromatic rings. The first-order valence-corrected chi connectivity index (χ1v) is 16.7. The van der Waals surface area contributed by atoms with Gasteiger partial charge in [-0.1, -0.05) is 101 Å². The first-order chi connectivity index (χ1) is 21.5. The summed E-state index contributed by atoms with van der Waals surface area (Å²) in [6, 6.07) is 22.4.